The van der Waals surface area contributed by atoms with Crippen LogP contribution in [0, 0.1) is 0 Å². The Bertz CT molecular complexity index is 918. The fraction of sp³-hybridized carbons (Fsp3) is 0.519. The van der Waals surface area contributed by atoms with E-state index in [9.17, 15) is 0 Å². The molecule has 2 aliphatic rings. The Kier molecular flexibility index (Phi) is 10.9. The van der Waals surface area contributed by atoms with Crippen molar-refractivity contribution in [3.63, 3.8) is 0 Å². The Balaban J connectivity index is 0.00000324. The molecule has 0 unspecified atom stereocenters. The summed E-state index contributed by atoms with van der Waals surface area (Å²) in [6, 6.07) is 15.5. The minimum atomic E-state index is 0. The third-order valence-corrected chi connectivity index (χ3v) is 6.47. The molecule has 2 N–H and O–H groups in total. The first-order valence-electron chi connectivity index (χ1n) is 12.4. The molecule has 0 aromatic heterocycles. The lowest BCUT2D eigenvalue weighted by molar-refractivity contribution is 0.269. The van der Waals surface area contributed by atoms with Gasteiger partial charge in [0, 0.05) is 39.1 Å². The van der Waals surface area contributed by atoms with E-state index in [1.165, 1.54) is 41.8 Å². The summed E-state index contributed by atoms with van der Waals surface area (Å²) in [5, 5.41) is 6.84. The van der Waals surface area contributed by atoms with Crippen LogP contribution in [-0.2, 0) is 25.9 Å². The Morgan fingerprint density at radius 2 is 1.76 bits per heavy atom. The van der Waals surface area contributed by atoms with E-state index in [2.05, 4.69) is 76.9 Å². The summed E-state index contributed by atoms with van der Waals surface area (Å²) in [6.07, 6.45) is 3.25. The number of nitrogens with zero attached hydrogens (tertiary/aromatic N) is 3. The fourth-order valence-electron chi connectivity index (χ4n) is 4.50. The van der Waals surface area contributed by atoms with Crippen LogP contribution in [0.25, 0.3) is 0 Å². The molecule has 2 aromatic rings. The van der Waals surface area contributed by atoms with Crippen LogP contribution in [-0.4, -0.2) is 68.7 Å². The van der Waals surface area contributed by atoms with E-state index in [0.717, 1.165) is 63.9 Å². The van der Waals surface area contributed by atoms with Crippen molar-refractivity contribution in [1.82, 2.24) is 20.4 Å². The maximum Gasteiger partial charge on any atom is 0.191 e. The number of rotatable bonds is 8. The van der Waals surface area contributed by atoms with Gasteiger partial charge in [-0.25, -0.2) is 4.99 Å². The van der Waals surface area contributed by atoms with Gasteiger partial charge in [-0.05, 0) is 68.2 Å². The number of hydrogen-bond donors (Lipinski definition) is 2. The van der Waals surface area contributed by atoms with E-state index < -0.39 is 0 Å². The molecule has 0 spiro atoms. The molecule has 2 aliphatic heterocycles. The van der Waals surface area contributed by atoms with Crippen molar-refractivity contribution in [1.29, 1.82) is 0 Å². The maximum atomic E-state index is 5.61. The molecule has 2 heterocycles. The van der Waals surface area contributed by atoms with Crippen LogP contribution in [0.15, 0.2) is 47.5 Å². The van der Waals surface area contributed by atoms with Crippen LogP contribution in [0.2, 0.25) is 0 Å². The zero-order chi connectivity index (χ0) is 22.9. The van der Waals surface area contributed by atoms with Gasteiger partial charge in [0.05, 0.1) is 13.2 Å². The van der Waals surface area contributed by atoms with E-state index in [-0.39, 0.29) is 24.0 Å². The molecule has 0 aliphatic carbocycles. The first kappa shape index (κ1) is 26.8. The van der Waals surface area contributed by atoms with Crippen molar-refractivity contribution in [2.75, 3.05) is 52.9 Å². The first-order valence-corrected chi connectivity index (χ1v) is 12.4. The number of hydrogen-bond acceptors (Lipinski definition) is 4. The summed E-state index contributed by atoms with van der Waals surface area (Å²) < 4.78 is 5.61. The summed E-state index contributed by atoms with van der Waals surface area (Å²) in [7, 11) is 2.22. The third kappa shape index (κ3) is 8.13. The van der Waals surface area contributed by atoms with Crippen molar-refractivity contribution in [2.45, 2.75) is 39.3 Å². The Labute approximate surface area is 222 Å². The fourth-order valence-corrected chi connectivity index (χ4v) is 4.50. The number of guanidine groups is 1. The van der Waals surface area contributed by atoms with Crippen LogP contribution in [0.4, 0.5) is 0 Å². The quantitative estimate of drug-likeness (QED) is 0.285. The highest BCUT2D eigenvalue weighted by Crippen LogP contribution is 2.25. The van der Waals surface area contributed by atoms with Crippen molar-refractivity contribution < 1.29 is 4.74 Å². The van der Waals surface area contributed by atoms with Crippen molar-refractivity contribution in [2.24, 2.45) is 4.99 Å². The highest BCUT2D eigenvalue weighted by atomic mass is 127. The average molecular weight is 578 g/mol. The predicted molar refractivity (Wildman–Crippen MR) is 151 cm³/mol. The molecule has 0 amide bonds. The molecule has 0 radical (unpaired) electrons. The second-order valence-corrected chi connectivity index (χ2v) is 9.16. The zero-order valence-electron chi connectivity index (χ0n) is 20.7. The number of nitrogens with one attached hydrogen (secondary N) is 2. The molecule has 0 atom stereocenters. The lowest BCUT2D eigenvalue weighted by atomic mass is 10.1. The van der Waals surface area contributed by atoms with Gasteiger partial charge in [-0.3, -0.25) is 4.90 Å². The molecule has 1 fully saturated rings. The number of aliphatic imine (C=N–C) groups is 1. The third-order valence-electron chi connectivity index (χ3n) is 6.47. The molecule has 34 heavy (non-hydrogen) atoms. The van der Waals surface area contributed by atoms with E-state index in [0.29, 0.717) is 6.54 Å². The van der Waals surface area contributed by atoms with Gasteiger partial charge in [-0.1, -0.05) is 36.4 Å². The maximum absolute atomic E-state index is 5.61. The van der Waals surface area contributed by atoms with Gasteiger partial charge in [0.15, 0.2) is 5.96 Å². The molecule has 1 saturated heterocycles. The number of halogens is 1. The molecule has 4 rings (SSSR count). The SMILES string of the molecule is CCNC(=NCc1ccc(CN2CCCN(C)CC2)cc1)NCCc1ccc2c(c1)CCO2.I. The summed E-state index contributed by atoms with van der Waals surface area (Å²) >= 11 is 0. The van der Waals surface area contributed by atoms with Crippen molar-refractivity contribution in [3.05, 3.63) is 64.7 Å². The molecule has 0 saturated carbocycles. The van der Waals surface area contributed by atoms with E-state index in [1.807, 2.05) is 0 Å². The lowest BCUT2D eigenvalue weighted by Crippen LogP contribution is -2.38. The largest absolute Gasteiger partial charge is 0.493 e. The van der Waals surface area contributed by atoms with Crippen LogP contribution >= 0.6 is 24.0 Å². The average Bonchev–Trinajstić information content (AvgIpc) is 3.20. The number of benzene rings is 2. The molecule has 2 aromatic carbocycles. The van der Waals surface area contributed by atoms with Gasteiger partial charge < -0.3 is 20.3 Å². The molecule has 0 bridgehead atoms. The van der Waals surface area contributed by atoms with Gasteiger partial charge in [0.25, 0.3) is 0 Å². The highest BCUT2D eigenvalue weighted by Gasteiger charge is 2.13. The summed E-state index contributed by atoms with van der Waals surface area (Å²) in [6.45, 7) is 11.1. The number of likely N-dealkylation sites (N-methyl/N-ethyl adjacent to an activating group) is 1. The van der Waals surface area contributed by atoms with Crippen LogP contribution in [0.5, 0.6) is 5.75 Å². The Hall–Kier alpha value is -1.84. The number of ether oxygens (including phenoxy) is 1. The Morgan fingerprint density at radius 3 is 2.59 bits per heavy atom. The topological polar surface area (TPSA) is 52.1 Å². The first-order chi connectivity index (χ1) is 16.2. The molecule has 186 valence electrons. The van der Waals surface area contributed by atoms with Crippen LogP contribution in [0.1, 0.15) is 35.6 Å². The second kappa shape index (κ2) is 13.9. The summed E-state index contributed by atoms with van der Waals surface area (Å²) in [5.41, 5.74) is 5.30. The standard InChI is InChI=1S/C27H39N5O.HI/c1-3-28-27(29-13-11-22-9-10-26-25(19-22)12-18-33-26)30-20-23-5-7-24(8-6-23)21-32-15-4-14-31(2)16-17-32;/h5-10,19H,3-4,11-18,20-21H2,1-2H3,(H2,28,29,30);1H. The highest BCUT2D eigenvalue weighted by molar-refractivity contribution is 14.0. The van der Waals surface area contributed by atoms with E-state index in [1.54, 1.807) is 0 Å². The summed E-state index contributed by atoms with van der Waals surface area (Å²) in [4.78, 5) is 9.79. The smallest absolute Gasteiger partial charge is 0.191 e. The van der Waals surface area contributed by atoms with Crippen molar-refractivity contribution >= 4 is 29.9 Å². The monoisotopic (exact) mass is 577 g/mol. The molecular formula is C27H40IN5O. The molecular weight excluding hydrogens is 537 g/mol. The number of fused-ring (bicyclic) bond motifs is 1. The van der Waals surface area contributed by atoms with Gasteiger partial charge >= 0.3 is 0 Å². The minimum Gasteiger partial charge on any atom is -0.493 e. The van der Waals surface area contributed by atoms with E-state index >= 15 is 0 Å². The minimum absolute atomic E-state index is 0. The molecule has 6 nitrogen and oxygen atoms in total. The Morgan fingerprint density at radius 1 is 0.971 bits per heavy atom. The zero-order valence-corrected chi connectivity index (χ0v) is 23.0. The lowest BCUT2D eigenvalue weighted by Gasteiger charge is -2.20. The van der Waals surface area contributed by atoms with Crippen LogP contribution in [0.3, 0.4) is 0 Å². The summed E-state index contributed by atoms with van der Waals surface area (Å²) in [5.74, 6) is 1.92. The van der Waals surface area contributed by atoms with Gasteiger partial charge in [-0.15, -0.1) is 24.0 Å². The van der Waals surface area contributed by atoms with Gasteiger partial charge in [0.2, 0.25) is 0 Å². The van der Waals surface area contributed by atoms with Gasteiger partial charge in [-0.2, -0.15) is 0 Å². The second-order valence-electron chi connectivity index (χ2n) is 9.16. The normalized spacial score (nSPS) is 16.8. The molecule has 7 heteroatoms. The van der Waals surface area contributed by atoms with Gasteiger partial charge in [0.1, 0.15) is 5.75 Å². The predicted octanol–water partition coefficient (Wildman–Crippen LogP) is 3.67. The van der Waals surface area contributed by atoms with E-state index in [4.69, 9.17) is 9.73 Å². The van der Waals surface area contributed by atoms with Crippen LogP contribution < -0.4 is 15.4 Å². The van der Waals surface area contributed by atoms with Crippen molar-refractivity contribution in [3.8, 4) is 5.75 Å².